The molecule has 0 radical (unpaired) electrons. The van der Waals surface area contributed by atoms with Gasteiger partial charge in [0.2, 0.25) is 0 Å². The molecule has 2 aromatic carbocycles. The van der Waals surface area contributed by atoms with Gasteiger partial charge in [-0.25, -0.2) is 10.2 Å². The van der Waals surface area contributed by atoms with Crippen molar-refractivity contribution in [2.75, 3.05) is 12.4 Å². The number of methoxy groups -OCH3 is 1. The maximum atomic E-state index is 11.9. The van der Waals surface area contributed by atoms with E-state index in [1.807, 2.05) is 6.07 Å². The molecule has 0 aromatic heterocycles. The Hall–Kier alpha value is -3.02. The van der Waals surface area contributed by atoms with Crippen molar-refractivity contribution in [3.8, 4) is 5.75 Å². The van der Waals surface area contributed by atoms with Gasteiger partial charge in [0.1, 0.15) is 5.75 Å². The van der Waals surface area contributed by atoms with Gasteiger partial charge in [0.05, 0.1) is 12.7 Å². The molecular weight excluding hydrogens is 270 g/mol. The quantitative estimate of drug-likeness (QED) is 0.756. The van der Waals surface area contributed by atoms with E-state index in [1.54, 1.807) is 48.5 Å². The van der Waals surface area contributed by atoms with E-state index in [0.717, 1.165) is 0 Å². The first kappa shape index (κ1) is 14.4. The van der Waals surface area contributed by atoms with E-state index in [0.29, 0.717) is 17.0 Å². The number of carbonyl (C=O) groups is 2. The van der Waals surface area contributed by atoms with Crippen LogP contribution in [0.2, 0.25) is 0 Å². The molecule has 2 aromatic rings. The summed E-state index contributed by atoms with van der Waals surface area (Å²) in [7, 11) is 1.47. The maximum Gasteiger partial charge on any atom is 0.337 e. The summed E-state index contributed by atoms with van der Waals surface area (Å²) in [6, 6.07) is 15.1. The third kappa shape index (κ3) is 3.97. The predicted octanol–water partition coefficient (Wildman–Crippen LogP) is 2.16. The summed E-state index contributed by atoms with van der Waals surface area (Å²) in [5.74, 6) is -0.0315. The van der Waals surface area contributed by atoms with Crippen molar-refractivity contribution in [2.45, 2.75) is 0 Å². The first-order valence-corrected chi connectivity index (χ1v) is 6.26. The standard InChI is InChI=1S/C15H15N3O3/c1-21-13-10-6-5-9-12(13)14(19)17-18-15(20)16-11-7-3-2-4-8-11/h2-10H,1H3,(H,17,19)(H2,16,18,20). The number of carbonyl (C=O) groups excluding carboxylic acids is 2. The average Bonchev–Trinajstić information content (AvgIpc) is 2.53. The van der Waals surface area contributed by atoms with Gasteiger partial charge in [-0.3, -0.25) is 10.2 Å². The third-order valence-corrected chi connectivity index (χ3v) is 2.67. The molecule has 6 nitrogen and oxygen atoms in total. The van der Waals surface area contributed by atoms with Crippen molar-refractivity contribution < 1.29 is 14.3 Å². The van der Waals surface area contributed by atoms with Crippen molar-refractivity contribution in [2.24, 2.45) is 0 Å². The van der Waals surface area contributed by atoms with Crippen LogP contribution in [0, 0.1) is 0 Å². The van der Waals surface area contributed by atoms with E-state index >= 15 is 0 Å². The number of hydrogen-bond donors (Lipinski definition) is 3. The van der Waals surface area contributed by atoms with Crippen LogP contribution in [0.5, 0.6) is 5.75 Å². The van der Waals surface area contributed by atoms with Gasteiger partial charge in [-0.2, -0.15) is 0 Å². The van der Waals surface area contributed by atoms with Crippen LogP contribution in [0.1, 0.15) is 10.4 Å². The highest BCUT2D eigenvalue weighted by molar-refractivity contribution is 5.99. The summed E-state index contributed by atoms with van der Waals surface area (Å²) in [5, 5.41) is 2.58. The van der Waals surface area contributed by atoms with Crippen molar-refractivity contribution in [1.82, 2.24) is 10.9 Å². The van der Waals surface area contributed by atoms with Gasteiger partial charge in [0.25, 0.3) is 5.91 Å². The molecule has 21 heavy (non-hydrogen) atoms. The third-order valence-electron chi connectivity index (χ3n) is 2.67. The molecule has 0 aliphatic rings. The van der Waals surface area contributed by atoms with Crippen LogP contribution in [-0.2, 0) is 0 Å². The van der Waals surface area contributed by atoms with Crippen molar-refractivity contribution in [3.05, 3.63) is 60.2 Å². The number of urea groups is 1. The highest BCUT2D eigenvalue weighted by Crippen LogP contribution is 2.16. The lowest BCUT2D eigenvalue weighted by Crippen LogP contribution is -2.44. The number of anilines is 1. The van der Waals surface area contributed by atoms with Crippen LogP contribution < -0.4 is 20.9 Å². The molecule has 0 heterocycles. The molecule has 0 fully saturated rings. The Labute approximate surface area is 122 Å². The number of ether oxygens (including phenoxy) is 1. The zero-order valence-corrected chi connectivity index (χ0v) is 11.4. The van der Waals surface area contributed by atoms with Gasteiger partial charge < -0.3 is 10.1 Å². The largest absolute Gasteiger partial charge is 0.496 e. The first-order chi connectivity index (χ1) is 10.2. The zero-order valence-electron chi connectivity index (χ0n) is 11.4. The topological polar surface area (TPSA) is 79.5 Å². The van der Waals surface area contributed by atoms with E-state index in [1.165, 1.54) is 7.11 Å². The Morgan fingerprint density at radius 1 is 0.905 bits per heavy atom. The number of rotatable bonds is 3. The fraction of sp³-hybridized carbons (Fsp3) is 0.0667. The van der Waals surface area contributed by atoms with Crippen LogP contribution in [0.4, 0.5) is 10.5 Å². The second-order valence-corrected chi connectivity index (χ2v) is 4.10. The molecular formula is C15H15N3O3. The second-order valence-electron chi connectivity index (χ2n) is 4.10. The number of para-hydroxylation sites is 2. The smallest absolute Gasteiger partial charge is 0.337 e. The molecule has 2 rings (SSSR count). The average molecular weight is 285 g/mol. The monoisotopic (exact) mass is 285 g/mol. The van der Waals surface area contributed by atoms with Gasteiger partial charge in [-0.15, -0.1) is 0 Å². The Bertz CT molecular complexity index is 629. The molecule has 0 aliphatic carbocycles. The Kier molecular flexibility index (Phi) is 4.76. The van der Waals surface area contributed by atoms with Crippen molar-refractivity contribution in [1.29, 1.82) is 0 Å². The number of hydrogen-bond acceptors (Lipinski definition) is 3. The van der Waals surface area contributed by atoms with Gasteiger partial charge in [-0.05, 0) is 24.3 Å². The van der Waals surface area contributed by atoms with Crippen LogP contribution in [-0.4, -0.2) is 19.0 Å². The Balaban J connectivity index is 1.90. The molecule has 0 saturated carbocycles. The summed E-state index contributed by atoms with van der Waals surface area (Å²) in [5.41, 5.74) is 5.55. The molecule has 0 spiro atoms. The van der Waals surface area contributed by atoms with Crippen molar-refractivity contribution in [3.63, 3.8) is 0 Å². The summed E-state index contributed by atoms with van der Waals surface area (Å²) in [6.07, 6.45) is 0. The predicted molar refractivity (Wildman–Crippen MR) is 79.1 cm³/mol. The molecule has 3 amide bonds. The van der Waals surface area contributed by atoms with Gasteiger partial charge in [0, 0.05) is 5.69 Å². The summed E-state index contributed by atoms with van der Waals surface area (Å²) in [6.45, 7) is 0. The number of hydrazine groups is 1. The summed E-state index contributed by atoms with van der Waals surface area (Å²) < 4.78 is 5.08. The molecule has 0 unspecified atom stereocenters. The van der Waals surface area contributed by atoms with Crippen LogP contribution in [0.3, 0.4) is 0 Å². The van der Waals surface area contributed by atoms with Gasteiger partial charge in [0.15, 0.2) is 0 Å². The molecule has 6 heteroatoms. The van der Waals surface area contributed by atoms with Crippen LogP contribution in [0.25, 0.3) is 0 Å². The minimum atomic E-state index is -0.538. The fourth-order valence-corrected chi connectivity index (χ4v) is 1.70. The minimum Gasteiger partial charge on any atom is -0.496 e. The Morgan fingerprint density at radius 2 is 1.57 bits per heavy atom. The van der Waals surface area contributed by atoms with E-state index in [2.05, 4.69) is 16.2 Å². The van der Waals surface area contributed by atoms with E-state index in [4.69, 9.17) is 4.74 Å². The molecule has 0 aliphatic heterocycles. The van der Waals surface area contributed by atoms with Crippen LogP contribution >= 0.6 is 0 Å². The lowest BCUT2D eigenvalue weighted by molar-refractivity contribution is 0.0935. The molecule has 0 atom stereocenters. The molecule has 0 bridgehead atoms. The normalized spacial score (nSPS) is 9.57. The first-order valence-electron chi connectivity index (χ1n) is 6.26. The fourth-order valence-electron chi connectivity index (χ4n) is 1.70. The molecule has 0 saturated heterocycles. The second kappa shape index (κ2) is 6.95. The minimum absolute atomic E-state index is 0.333. The number of amides is 3. The van der Waals surface area contributed by atoms with E-state index in [-0.39, 0.29) is 0 Å². The molecule has 108 valence electrons. The van der Waals surface area contributed by atoms with E-state index < -0.39 is 11.9 Å². The number of nitrogens with one attached hydrogen (secondary N) is 3. The number of benzene rings is 2. The van der Waals surface area contributed by atoms with Crippen LogP contribution in [0.15, 0.2) is 54.6 Å². The highest BCUT2D eigenvalue weighted by Gasteiger charge is 2.11. The lowest BCUT2D eigenvalue weighted by atomic mass is 10.2. The summed E-state index contributed by atoms with van der Waals surface area (Å²) >= 11 is 0. The van der Waals surface area contributed by atoms with Gasteiger partial charge in [-0.1, -0.05) is 30.3 Å². The SMILES string of the molecule is COc1ccccc1C(=O)NNC(=O)Nc1ccccc1. The lowest BCUT2D eigenvalue weighted by Gasteiger charge is -2.10. The van der Waals surface area contributed by atoms with E-state index in [9.17, 15) is 9.59 Å². The Morgan fingerprint density at radius 3 is 2.29 bits per heavy atom. The van der Waals surface area contributed by atoms with Gasteiger partial charge >= 0.3 is 6.03 Å². The van der Waals surface area contributed by atoms with Crippen molar-refractivity contribution >= 4 is 17.6 Å². The highest BCUT2D eigenvalue weighted by atomic mass is 16.5. The summed E-state index contributed by atoms with van der Waals surface area (Å²) in [4.78, 5) is 23.6. The zero-order chi connectivity index (χ0) is 15.1. The molecule has 3 N–H and O–H groups in total. The maximum absolute atomic E-state index is 11.9.